The van der Waals surface area contributed by atoms with Crippen LogP contribution >= 0.6 is 23.4 Å². The van der Waals surface area contributed by atoms with Gasteiger partial charge in [-0.25, -0.2) is 4.39 Å². The lowest BCUT2D eigenvalue weighted by Gasteiger charge is -2.13. The Morgan fingerprint density at radius 2 is 1.90 bits per heavy atom. The van der Waals surface area contributed by atoms with Gasteiger partial charge >= 0.3 is 0 Å². The Morgan fingerprint density at radius 1 is 1.14 bits per heavy atom. The van der Waals surface area contributed by atoms with Crippen LogP contribution in [0, 0.1) is 5.82 Å². The Morgan fingerprint density at radius 3 is 2.59 bits per heavy atom. The molecule has 1 aliphatic heterocycles. The van der Waals surface area contributed by atoms with E-state index in [1.54, 1.807) is 30.4 Å². The average Bonchev–Trinajstić information content (AvgIpc) is 2.96. The lowest BCUT2D eigenvalue weighted by Crippen LogP contribution is -2.32. The second-order valence-corrected chi connectivity index (χ2v) is 7.33. The van der Waals surface area contributed by atoms with Crippen LogP contribution < -0.4 is 9.47 Å². The van der Waals surface area contributed by atoms with E-state index >= 15 is 0 Å². The first-order valence-corrected chi connectivity index (χ1v) is 9.84. The molecule has 2 aromatic rings. The maximum Gasteiger partial charge on any atom is 0.293 e. The molecule has 2 amide bonds. The van der Waals surface area contributed by atoms with Gasteiger partial charge in [0.1, 0.15) is 30.5 Å². The van der Waals surface area contributed by atoms with Crippen molar-refractivity contribution in [2.45, 2.75) is 0 Å². The molecule has 8 heteroatoms. The van der Waals surface area contributed by atoms with E-state index in [4.69, 9.17) is 21.1 Å². The van der Waals surface area contributed by atoms with Crippen molar-refractivity contribution in [3.63, 3.8) is 0 Å². The van der Waals surface area contributed by atoms with Crippen LogP contribution in [0.1, 0.15) is 5.56 Å². The number of amides is 2. The maximum absolute atomic E-state index is 12.9. The predicted octanol–water partition coefficient (Wildman–Crippen LogP) is 5.16. The normalized spacial score (nSPS) is 15.1. The first-order valence-electron chi connectivity index (χ1n) is 8.65. The number of imide groups is 1. The highest BCUT2D eigenvalue weighted by molar-refractivity contribution is 8.18. The van der Waals surface area contributed by atoms with Gasteiger partial charge in [-0.2, -0.15) is 0 Å². The summed E-state index contributed by atoms with van der Waals surface area (Å²) in [6, 6.07) is 10.6. The van der Waals surface area contributed by atoms with Crippen molar-refractivity contribution in [2.75, 3.05) is 19.8 Å². The minimum absolute atomic E-state index is 0.0917. The molecule has 0 spiro atoms. The van der Waals surface area contributed by atoms with Crippen molar-refractivity contribution in [3.8, 4) is 11.5 Å². The first kappa shape index (κ1) is 21.0. The molecular formula is C21H17ClFNO4S. The van der Waals surface area contributed by atoms with E-state index in [0.717, 1.165) is 16.7 Å². The van der Waals surface area contributed by atoms with Crippen molar-refractivity contribution in [3.05, 3.63) is 76.4 Å². The lowest BCUT2D eigenvalue weighted by atomic mass is 10.2. The molecule has 0 aliphatic carbocycles. The van der Waals surface area contributed by atoms with Crippen LogP contribution in [0.25, 0.3) is 6.08 Å². The number of halogens is 2. The first-order chi connectivity index (χ1) is 14.0. The maximum atomic E-state index is 12.9. The monoisotopic (exact) mass is 433 g/mol. The van der Waals surface area contributed by atoms with E-state index in [9.17, 15) is 14.0 Å². The molecule has 0 atom stereocenters. The van der Waals surface area contributed by atoms with Crippen LogP contribution in [0.2, 0.25) is 5.02 Å². The van der Waals surface area contributed by atoms with Gasteiger partial charge in [0.05, 0.1) is 16.5 Å². The number of rotatable bonds is 8. The number of thioether (sulfide) groups is 1. The number of nitrogens with zero attached hydrogens (tertiary/aromatic N) is 1. The summed E-state index contributed by atoms with van der Waals surface area (Å²) in [6.07, 6.45) is 3.22. The van der Waals surface area contributed by atoms with Gasteiger partial charge < -0.3 is 9.47 Å². The van der Waals surface area contributed by atoms with E-state index < -0.39 is 5.91 Å². The molecule has 150 valence electrons. The van der Waals surface area contributed by atoms with Gasteiger partial charge in [-0.1, -0.05) is 30.3 Å². The van der Waals surface area contributed by atoms with Crippen LogP contribution in [0.4, 0.5) is 9.18 Å². The third-order valence-electron chi connectivity index (χ3n) is 3.88. The predicted molar refractivity (Wildman–Crippen MR) is 112 cm³/mol. The smallest absolute Gasteiger partial charge is 0.293 e. The Bertz CT molecular complexity index is 962. The molecule has 0 aromatic heterocycles. The summed E-state index contributed by atoms with van der Waals surface area (Å²) in [5, 5.41) is 0.0218. The molecule has 1 fully saturated rings. The number of hydrogen-bond acceptors (Lipinski definition) is 5. The Hall–Kier alpha value is -2.77. The summed E-state index contributed by atoms with van der Waals surface area (Å²) < 4.78 is 23.8. The molecule has 29 heavy (non-hydrogen) atoms. The molecule has 2 aromatic carbocycles. The highest BCUT2D eigenvalue weighted by Crippen LogP contribution is 2.33. The van der Waals surface area contributed by atoms with Crippen molar-refractivity contribution < 1.29 is 23.5 Å². The van der Waals surface area contributed by atoms with E-state index in [0.29, 0.717) is 33.6 Å². The minimum atomic E-state index is -0.397. The molecule has 1 saturated heterocycles. The van der Waals surface area contributed by atoms with Crippen molar-refractivity contribution in [2.24, 2.45) is 0 Å². The summed E-state index contributed by atoms with van der Waals surface area (Å²) in [5.74, 6) is 0.205. The lowest BCUT2D eigenvalue weighted by molar-refractivity contribution is -0.123. The molecule has 0 N–H and O–H groups in total. The Balaban J connectivity index is 1.62. The summed E-state index contributed by atoms with van der Waals surface area (Å²) in [4.78, 5) is 26.1. The quantitative estimate of drug-likeness (QED) is 0.425. The van der Waals surface area contributed by atoms with Crippen LogP contribution in [-0.2, 0) is 4.79 Å². The van der Waals surface area contributed by atoms with E-state index in [2.05, 4.69) is 6.58 Å². The van der Waals surface area contributed by atoms with Gasteiger partial charge in [0.15, 0.2) is 0 Å². The molecular weight excluding hydrogens is 417 g/mol. The van der Waals surface area contributed by atoms with Crippen molar-refractivity contribution in [1.29, 1.82) is 0 Å². The van der Waals surface area contributed by atoms with Crippen LogP contribution in [-0.4, -0.2) is 35.8 Å². The van der Waals surface area contributed by atoms with Crippen molar-refractivity contribution >= 4 is 40.6 Å². The van der Waals surface area contributed by atoms with Gasteiger partial charge in [-0.05, 0) is 59.8 Å². The van der Waals surface area contributed by atoms with Gasteiger partial charge in [0.25, 0.3) is 11.1 Å². The SMILES string of the molecule is C=CCOc1ccc(/C=C2\SC(=O)N(CCOc3ccc(F)cc3)C2=O)cc1Cl. The number of carbonyl (C=O) groups is 2. The molecule has 0 unspecified atom stereocenters. The van der Waals surface area contributed by atoms with Crippen LogP contribution in [0.5, 0.6) is 11.5 Å². The van der Waals surface area contributed by atoms with Gasteiger partial charge in [0.2, 0.25) is 0 Å². The zero-order valence-electron chi connectivity index (χ0n) is 15.3. The molecule has 0 radical (unpaired) electrons. The summed E-state index contributed by atoms with van der Waals surface area (Å²) in [6.45, 7) is 4.11. The van der Waals surface area contributed by atoms with Crippen LogP contribution in [0.3, 0.4) is 0 Å². The van der Waals surface area contributed by atoms with Crippen LogP contribution in [0.15, 0.2) is 60.0 Å². The second kappa shape index (κ2) is 9.62. The number of ether oxygens (including phenoxy) is 2. The van der Waals surface area contributed by atoms with Gasteiger partial charge in [0, 0.05) is 0 Å². The van der Waals surface area contributed by atoms with E-state index in [-0.39, 0.29) is 24.2 Å². The number of benzene rings is 2. The number of hydrogen-bond donors (Lipinski definition) is 0. The fourth-order valence-corrected chi connectivity index (χ4v) is 3.61. The zero-order valence-corrected chi connectivity index (χ0v) is 16.8. The fourth-order valence-electron chi connectivity index (χ4n) is 2.50. The largest absolute Gasteiger partial charge is 0.492 e. The van der Waals surface area contributed by atoms with E-state index in [1.165, 1.54) is 24.3 Å². The molecule has 1 aliphatic rings. The summed E-state index contributed by atoms with van der Waals surface area (Å²) in [5.41, 5.74) is 0.675. The zero-order chi connectivity index (χ0) is 20.8. The summed E-state index contributed by atoms with van der Waals surface area (Å²) in [7, 11) is 0. The van der Waals surface area contributed by atoms with E-state index in [1.807, 2.05) is 0 Å². The third-order valence-corrected chi connectivity index (χ3v) is 5.08. The molecule has 5 nitrogen and oxygen atoms in total. The average molecular weight is 434 g/mol. The van der Waals surface area contributed by atoms with Gasteiger partial charge in [-0.3, -0.25) is 14.5 Å². The highest BCUT2D eigenvalue weighted by Gasteiger charge is 2.34. The molecule has 0 saturated carbocycles. The second-order valence-electron chi connectivity index (χ2n) is 5.93. The standard InChI is InChI=1S/C21H17ClFNO4S/c1-2-10-28-18-8-3-14(12-17(18)22)13-19-20(25)24(21(26)29-19)9-11-27-16-6-4-15(23)5-7-16/h2-8,12-13H,1,9-11H2/b19-13-. The molecule has 1 heterocycles. The number of carbonyl (C=O) groups excluding carboxylic acids is 2. The van der Waals surface area contributed by atoms with Gasteiger partial charge in [-0.15, -0.1) is 0 Å². The summed E-state index contributed by atoms with van der Waals surface area (Å²) >= 11 is 7.04. The topological polar surface area (TPSA) is 55.8 Å². The Kier molecular flexibility index (Phi) is 6.95. The van der Waals surface area contributed by atoms with Crippen molar-refractivity contribution in [1.82, 2.24) is 4.90 Å². The highest BCUT2D eigenvalue weighted by atomic mass is 35.5. The Labute approximate surface area is 176 Å². The molecule has 3 rings (SSSR count). The molecule has 0 bridgehead atoms. The third kappa shape index (κ3) is 5.40. The minimum Gasteiger partial charge on any atom is -0.492 e. The fraction of sp³-hybridized carbons (Fsp3) is 0.143.